The molecule has 5 heteroatoms. The Balaban J connectivity index is 1.73. The average Bonchev–Trinajstić information content (AvgIpc) is 3.19. The maximum absolute atomic E-state index is 4.35. The first-order chi connectivity index (χ1) is 10.2. The van der Waals surface area contributed by atoms with Gasteiger partial charge in [0.25, 0.3) is 0 Å². The van der Waals surface area contributed by atoms with Crippen LogP contribution >= 0.6 is 22.7 Å². The van der Waals surface area contributed by atoms with E-state index in [2.05, 4.69) is 46.9 Å². The first kappa shape index (κ1) is 15.0. The highest BCUT2D eigenvalue weighted by molar-refractivity contribution is 7.15. The molecule has 21 heavy (non-hydrogen) atoms. The maximum atomic E-state index is 4.35. The van der Waals surface area contributed by atoms with E-state index in [0.29, 0.717) is 12.0 Å². The van der Waals surface area contributed by atoms with Gasteiger partial charge < -0.3 is 5.32 Å². The van der Waals surface area contributed by atoms with Crippen LogP contribution in [-0.2, 0) is 6.42 Å². The summed E-state index contributed by atoms with van der Waals surface area (Å²) < 4.78 is 0. The molecule has 2 aromatic rings. The van der Waals surface area contributed by atoms with Crippen LogP contribution in [0.15, 0.2) is 17.5 Å². The van der Waals surface area contributed by atoms with Crippen molar-refractivity contribution in [3.8, 4) is 0 Å². The molecule has 1 aliphatic rings. The highest BCUT2D eigenvalue weighted by Crippen LogP contribution is 2.39. The van der Waals surface area contributed by atoms with Crippen molar-refractivity contribution in [2.75, 3.05) is 5.32 Å². The molecule has 1 saturated carbocycles. The van der Waals surface area contributed by atoms with Gasteiger partial charge in [0.15, 0.2) is 0 Å². The topological polar surface area (TPSA) is 37.8 Å². The summed E-state index contributed by atoms with van der Waals surface area (Å²) in [6.07, 6.45) is 6.40. The van der Waals surface area contributed by atoms with E-state index in [9.17, 15) is 0 Å². The third-order valence-electron chi connectivity index (χ3n) is 4.05. The van der Waals surface area contributed by atoms with Crippen molar-refractivity contribution in [3.05, 3.63) is 27.4 Å². The smallest absolute Gasteiger partial charge is 0.206 e. The van der Waals surface area contributed by atoms with E-state index in [-0.39, 0.29) is 0 Å². The summed E-state index contributed by atoms with van der Waals surface area (Å²) in [4.78, 5) is 1.43. The molecule has 3 rings (SSSR count). The van der Waals surface area contributed by atoms with Crippen molar-refractivity contribution in [2.24, 2.45) is 11.8 Å². The maximum Gasteiger partial charge on any atom is 0.206 e. The predicted molar refractivity (Wildman–Crippen MR) is 91.1 cm³/mol. The van der Waals surface area contributed by atoms with Gasteiger partial charge in [0.2, 0.25) is 5.13 Å². The molecule has 2 heterocycles. The minimum Gasteiger partial charge on any atom is -0.352 e. The molecule has 0 aromatic carbocycles. The second-order valence-electron chi connectivity index (χ2n) is 6.28. The van der Waals surface area contributed by atoms with Crippen LogP contribution in [0.5, 0.6) is 0 Å². The lowest BCUT2D eigenvalue weighted by Crippen LogP contribution is -2.17. The zero-order valence-corrected chi connectivity index (χ0v) is 14.3. The lowest BCUT2D eigenvalue weighted by Gasteiger charge is -2.23. The first-order valence-corrected chi connectivity index (χ1v) is 9.54. The molecule has 1 N–H and O–H groups in total. The number of thiophene rings is 1. The zero-order chi connectivity index (χ0) is 14.7. The fourth-order valence-electron chi connectivity index (χ4n) is 3.06. The Kier molecular flexibility index (Phi) is 4.91. The van der Waals surface area contributed by atoms with Gasteiger partial charge in [0.05, 0.1) is 6.04 Å². The van der Waals surface area contributed by atoms with Gasteiger partial charge in [-0.05, 0) is 36.1 Å². The van der Waals surface area contributed by atoms with Crippen molar-refractivity contribution >= 4 is 27.8 Å². The minimum atomic E-state index is 0.410. The SMILES string of the molecule is CC(C)Cc1nnc(NC(c2cccs2)C2CCCC2)s1. The molecule has 114 valence electrons. The normalized spacial score (nSPS) is 17.5. The minimum absolute atomic E-state index is 0.410. The number of hydrogen-bond acceptors (Lipinski definition) is 5. The van der Waals surface area contributed by atoms with Gasteiger partial charge in [0.1, 0.15) is 5.01 Å². The van der Waals surface area contributed by atoms with Crippen LogP contribution in [0.1, 0.15) is 55.5 Å². The van der Waals surface area contributed by atoms with E-state index in [1.54, 1.807) is 11.3 Å². The molecule has 1 unspecified atom stereocenters. The monoisotopic (exact) mass is 321 g/mol. The molecule has 0 aliphatic heterocycles. The van der Waals surface area contributed by atoms with E-state index in [1.807, 2.05) is 11.3 Å². The number of hydrogen-bond donors (Lipinski definition) is 1. The molecule has 0 amide bonds. The van der Waals surface area contributed by atoms with Crippen LogP contribution in [0.4, 0.5) is 5.13 Å². The van der Waals surface area contributed by atoms with Crippen molar-refractivity contribution in [2.45, 2.75) is 52.0 Å². The Bertz CT molecular complexity index is 542. The Morgan fingerprint density at radius 1 is 1.29 bits per heavy atom. The van der Waals surface area contributed by atoms with Crippen LogP contribution in [0.2, 0.25) is 0 Å². The van der Waals surface area contributed by atoms with Crippen LogP contribution < -0.4 is 5.32 Å². The van der Waals surface area contributed by atoms with E-state index in [1.165, 1.54) is 30.6 Å². The van der Waals surface area contributed by atoms with Gasteiger partial charge in [-0.2, -0.15) is 0 Å². The van der Waals surface area contributed by atoms with Crippen LogP contribution in [0.25, 0.3) is 0 Å². The van der Waals surface area contributed by atoms with Gasteiger partial charge in [-0.3, -0.25) is 0 Å². The molecular weight excluding hydrogens is 298 g/mol. The van der Waals surface area contributed by atoms with Crippen molar-refractivity contribution in [1.29, 1.82) is 0 Å². The molecule has 0 radical (unpaired) electrons. The Morgan fingerprint density at radius 2 is 2.10 bits per heavy atom. The van der Waals surface area contributed by atoms with Crippen LogP contribution in [0, 0.1) is 11.8 Å². The lowest BCUT2D eigenvalue weighted by molar-refractivity contribution is 0.475. The first-order valence-electron chi connectivity index (χ1n) is 7.84. The third-order valence-corrected chi connectivity index (χ3v) is 5.88. The highest BCUT2D eigenvalue weighted by atomic mass is 32.1. The molecule has 0 bridgehead atoms. The van der Waals surface area contributed by atoms with Gasteiger partial charge in [-0.25, -0.2) is 0 Å². The summed E-state index contributed by atoms with van der Waals surface area (Å²) in [5.41, 5.74) is 0. The van der Waals surface area contributed by atoms with Crippen molar-refractivity contribution in [1.82, 2.24) is 10.2 Å². The fraction of sp³-hybridized carbons (Fsp3) is 0.625. The van der Waals surface area contributed by atoms with Gasteiger partial charge in [-0.15, -0.1) is 21.5 Å². The fourth-order valence-corrected chi connectivity index (χ4v) is 4.92. The standard InChI is InChI=1S/C16H23N3S2/c1-11(2)10-14-18-19-16(21-14)17-15(12-6-3-4-7-12)13-8-5-9-20-13/h5,8-9,11-12,15H,3-4,6-7,10H2,1-2H3,(H,17,19). The largest absolute Gasteiger partial charge is 0.352 e. The van der Waals surface area contributed by atoms with Crippen LogP contribution in [0.3, 0.4) is 0 Å². The number of nitrogens with zero attached hydrogens (tertiary/aromatic N) is 2. The number of nitrogens with one attached hydrogen (secondary N) is 1. The summed E-state index contributed by atoms with van der Waals surface area (Å²) >= 11 is 3.57. The molecule has 3 nitrogen and oxygen atoms in total. The Morgan fingerprint density at radius 3 is 2.76 bits per heavy atom. The molecular formula is C16H23N3S2. The summed E-state index contributed by atoms with van der Waals surface area (Å²) in [6, 6.07) is 4.80. The zero-order valence-electron chi connectivity index (χ0n) is 12.7. The highest BCUT2D eigenvalue weighted by Gasteiger charge is 2.27. The van der Waals surface area contributed by atoms with Crippen molar-refractivity contribution < 1.29 is 0 Å². The third kappa shape index (κ3) is 3.83. The van der Waals surface area contributed by atoms with Gasteiger partial charge in [-0.1, -0.05) is 44.1 Å². The number of rotatable bonds is 6. The molecule has 1 fully saturated rings. The molecule has 2 aromatic heterocycles. The Labute approximate surface area is 134 Å². The van der Waals surface area contributed by atoms with Crippen molar-refractivity contribution in [3.63, 3.8) is 0 Å². The molecule has 1 atom stereocenters. The molecule has 1 aliphatic carbocycles. The second kappa shape index (κ2) is 6.88. The molecule has 0 spiro atoms. The number of aromatic nitrogens is 2. The predicted octanol–water partition coefficient (Wildman–Crippen LogP) is 5.14. The summed E-state index contributed by atoms with van der Waals surface area (Å²) in [5.74, 6) is 1.37. The average molecular weight is 322 g/mol. The van der Waals surface area contributed by atoms with Gasteiger partial charge in [0, 0.05) is 11.3 Å². The van der Waals surface area contributed by atoms with E-state index < -0.39 is 0 Å². The summed E-state index contributed by atoms with van der Waals surface area (Å²) in [6.45, 7) is 4.45. The second-order valence-corrected chi connectivity index (χ2v) is 8.32. The quantitative estimate of drug-likeness (QED) is 0.800. The summed E-state index contributed by atoms with van der Waals surface area (Å²) in [5, 5.41) is 16.6. The number of anilines is 1. The summed E-state index contributed by atoms with van der Waals surface area (Å²) in [7, 11) is 0. The van der Waals surface area contributed by atoms with E-state index in [0.717, 1.165) is 22.5 Å². The van der Waals surface area contributed by atoms with E-state index >= 15 is 0 Å². The molecule has 0 saturated heterocycles. The van der Waals surface area contributed by atoms with Crippen LogP contribution in [-0.4, -0.2) is 10.2 Å². The lowest BCUT2D eigenvalue weighted by atomic mass is 9.97. The van der Waals surface area contributed by atoms with Gasteiger partial charge >= 0.3 is 0 Å². The van der Waals surface area contributed by atoms with E-state index in [4.69, 9.17) is 0 Å². The Hall–Kier alpha value is -0.940.